The third kappa shape index (κ3) is 6.03. The van der Waals surface area contributed by atoms with Gasteiger partial charge in [0.2, 0.25) is 0 Å². The molecule has 5 nitrogen and oxygen atoms in total. The number of hydrogen-bond acceptors (Lipinski definition) is 2. The minimum atomic E-state index is 0.563. The zero-order valence-electron chi connectivity index (χ0n) is 42.9. The van der Waals surface area contributed by atoms with Gasteiger partial charge in [-0.15, -0.1) is 11.3 Å². The van der Waals surface area contributed by atoms with E-state index in [0.717, 1.165) is 143 Å². The SMILES string of the molecule is Cc1ccc2c3ccccc3n(-c3c(C#N)c(-n4c5ccccc5c5ccc(C)cc54)c(-n4c5ccccc5c5ccc(C)cc54)c(-c4cccc5c4sc4ccccc45)c3-n3c4ccccc4c4ccc(C)cc43)c2c1. The van der Waals surface area contributed by atoms with Crippen LogP contribution in [-0.4, -0.2) is 18.3 Å². The van der Waals surface area contributed by atoms with Crippen molar-refractivity contribution < 1.29 is 0 Å². The highest BCUT2D eigenvalue weighted by Gasteiger charge is 2.36. The van der Waals surface area contributed by atoms with Gasteiger partial charge in [0.15, 0.2) is 0 Å². The van der Waals surface area contributed by atoms with Crippen molar-refractivity contribution in [3.05, 3.63) is 240 Å². The molecule has 0 bridgehead atoms. The second-order valence-corrected chi connectivity index (χ2v) is 22.1. The molecule has 5 aromatic heterocycles. The van der Waals surface area contributed by atoms with Crippen molar-refractivity contribution in [1.82, 2.24) is 18.3 Å². The lowest BCUT2D eigenvalue weighted by atomic mass is 9.92. The van der Waals surface area contributed by atoms with Gasteiger partial charge in [-0.25, -0.2) is 0 Å². The molecule has 0 aliphatic rings. The van der Waals surface area contributed by atoms with Crippen LogP contribution in [0.3, 0.4) is 0 Å². The first-order chi connectivity index (χ1) is 37.8. The molecule has 0 fully saturated rings. The molecule has 0 amide bonds. The van der Waals surface area contributed by atoms with Gasteiger partial charge in [-0.2, -0.15) is 5.26 Å². The van der Waals surface area contributed by atoms with Crippen molar-refractivity contribution >= 4 is 119 Å². The van der Waals surface area contributed by atoms with Crippen LogP contribution in [0, 0.1) is 39.0 Å². The van der Waals surface area contributed by atoms with Gasteiger partial charge in [-0.3, -0.25) is 0 Å². The molecule has 0 radical (unpaired) electrons. The second kappa shape index (κ2) is 16.2. The molecular formula is C71H47N5S. The summed E-state index contributed by atoms with van der Waals surface area (Å²) in [4.78, 5) is 0. The number of para-hydroxylation sites is 4. The predicted molar refractivity (Wildman–Crippen MR) is 326 cm³/mol. The maximum atomic E-state index is 13.0. The molecule has 0 saturated heterocycles. The molecule has 362 valence electrons. The smallest absolute Gasteiger partial charge is 0.104 e. The Kier molecular flexibility index (Phi) is 9.18. The molecule has 0 saturated carbocycles. The van der Waals surface area contributed by atoms with E-state index in [1.54, 1.807) is 0 Å². The fraction of sp³-hybridized carbons (Fsp3) is 0.0563. The highest BCUT2D eigenvalue weighted by Crippen LogP contribution is 2.54. The van der Waals surface area contributed by atoms with Crippen molar-refractivity contribution in [2.75, 3.05) is 0 Å². The number of nitrogens with zero attached hydrogens (tertiary/aromatic N) is 5. The van der Waals surface area contributed by atoms with Crippen molar-refractivity contribution in [1.29, 1.82) is 5.26 Å². The number of hydrogen-bond donors (Lipinski definition) is 0. The average Bonchev–Trinajstić information content (AvgIpc) is 4.37. The summed E-state index contributed by atoms with van der Waals surface area (Å²) < 4.78 is 12.3. The van der Waals surface area contributed by atoms with Gasteiger partial charge in [0, 0.05) is 74.4 Å². The number of benzene rings is 11. The third-order valence-corrected chi connectivity index (χ3v) is 17.6. The molecule has 6 heteroatoms. The summed E-state index contributed by atoms with van der Waals surface area (Å²) in [5.74, 6) is 0. The fourth-order valence-corrected chi connectivity index (χ4v) is 14.4. The first kappa shape index (κ1) is 43.7. The average molecular weight is 1000 g/mol. The largest absolute Gasteiger partial charge is 0.306 e. The van der Waals surface area contributed by atoms with E-state index < -0.39 is 0 Å². The summed E-state index contributed by atoms with van der Waals surface area (Å²) in [7, 11) is 0. The Balaban J connectivity index is 1.30. The molecule has 0 atom stereocenters. The van der Waals surface area contributed by atoms with Crippen LogP contribution >= 0.6 is 11.3 Å². The molecule has 16 aromatic rings. The lowest BCUT2D eigenvalue weighted by Gasteiger charge is -2.29. The van der Waals surface area contributed by atoms with Gasteiger partial charge in [-0.05, 0) is 105 Å². The fourth-order valence-electron chi connectivity index (χ4n) is 13.2. The number of rotatable bonds is 5. The summed E-state index contributed by atoms with van der Waals surface area (Å²) in [6.45, 7) is 8.74. The van der Waals surface area contributed by atoms with E-state index in [1.807, 2.05) is 11.3 Å². The second-order valence-electron chi connectivity index (χ2n) is 21.0. The number of nitriles is 1. The van der Waals surface area contributed by atoms with Crippen molar-refractivity contribution in [3.8, 4) is 39.9 Å². The molecular weight excluding hydrogens is 955 g/mol. The van der Waals surface area contributed by atoms with Gasteiger partial charge in [0.1, 0.15) is 11.6 Å². The Morgan fingerprint density at radius 2 is 0.636 bits per heavy atom. The lowest BCUT2D eigenvalue weighted by Crippen LogP contribution is -2.16. The molecule has 11 aromatic carbocycles. The molecule has 0 aliphatic carbocycles. The van der Waals surface area contributed by atoms with Gasteiger partial charge in [0.05, 0.1) is 66.9 Å². The maximum Gasteiger partial charge on any atom is 0.104 e. The van der Waals surface area contributed by atoms with E-state index in [4.69, 9.17) is 0 Å². The number of thiophene rings is 1. The molecule has 0 unspecified atom stereocenters. The number of aryl methyl sites for hydroxylation is 4. The van der Waals surface area contributed by atoms with Crippen LogP contribution in [0.25, 0.3) is 141 Å². The highest BCUT2D eigenvalue weighted by molar-refractivity contribution is 7.26. The van der Waals surface area contributed by atoms with E-state index in [0.29, 0.717) is 5.56 Å². The minimum Gasteiger partial charge on any atom is -0.306 e. The zero-order valence-corrected chi connectivity index (χ0v) is 43.7. The number of fused-ring (bicyclic) bond motifs is 15. The van der Waals surface area contributed by atoms with Crippen molar-refractivity contribution in [2.45, 2.75) is 27.7 Å². The van der Waals surface area contributed by atoms with Gasteiger partial charge in [-0.1, -0.05) is 158 Å². The van der Waals surface area contributed by atoms with Crippen molar-refractivity contribution in [3.63, 3.8) is 0 Å². The third-order valence-electron chi connectivity index (χ3n) is 16.4. The quantitative estimate of drug-likeness (QED) is 0.169. The Bertz CT molecular complexity index is 5030. The van der Waals surface area contributed by atoms with E-state index >= 15 is 0 Å². The highest BCUT2D eigenvalue weighted by atomic mass is 32.1. The molecule has 0 aliphatic heterocycles. The van der Waals surface area contributed by atoms with E-state index in [1.165, 1.54) is 20.2 Å². The van der Waals surface area contributed by atoms with Crippen LogP contribution in [0.5, 0.6) is 0 Å². The first-order valence-electron chi connectivity index (χ1n) is 26.4. The van der Waals surface area contributed by atoms with Crippen LogP contribution in [0.2, 0.25) is 0 Å². The Morgan fingerprint density at radius 3 is 1.03 bits per heavy atom. The van der Waals surface area contributed by atoms with Gasteiger partial charge < -0.3 is 18.3 Å². The van der Waals surface area contributed by atoms with Crippen LogP contribution in [0.1, 0.15) is 27.8 Å². The lowest BCUT2D eigenvalue weighted by molar-refractivity contribution is 1.04. The normalized spacial score (nSPS) is 12.1. The van der Waals surface area contributed by atoms with E-state index in [-0.39, 0.29) is 0 Å². The van der Waals surface area contributed by atoms with Gasteiger partial charge in [0.25, 0.3) is 0 Å². The molecule has 5 heterocycles. The summed E-state index contributed by atoms with van der Waals surface area (Å²) in [6.07, 6.45) is 0. The van der Waals surface area contributed by atoms with Gasteiger partial charge >= 0.3 is 0 Å². The van der Waals surface area contributed by atoms with E-state index in [2.05, 4.69) is 264 Å². The molecule has 77 heavy (non-hydrogen) atoms. The van der Waals surface area contributed by atoms with E-state index in [9.17, 15) is 5.26 Å². The molecule has 0 N–H and O–H groups in total. The Morgan fingerprint density at radius 1 is 0.312 bits per heavy atom. The van der Waals surface area contributed by atoms with Crippen molar-refractivity contribution in [2.24, 2.45) is 0 Å². The summed E-state index contributed by atoms with van der Waals surface area (Å²) in [6, 6.07) is 81.4. The monoisotopic (exact) mass is 1000 g/mol. The topological polar surface area (TPSA) is 43.5 Å². The minimum absolute atomic E-state index is 0.563. The van der Waals surface area contributed by atoms with Crippen LogP contribution in [0.4, 0.5) is 0 Å². The standard InChI is InChI=1S/C71H47N5S/c1-41-28-32-49-45-16-5-10-23-57(45)73(61(49)36-41)67-56(40-72)68(74-58-24-11-6-17-46(58)50-33-29-42(2)37-62(50)74)70(76-60-26-13-8-19-48(60)52-35-31-44(4)39-64(52)76)66(55-22-15-21-54-53-20-9-14-27-65(53)77-71(54)55)69(67)75-59-25-12-7-18-47(59)51-34-30-43(3)38-63(51)75/h5-39H,1-4H3. The summed E-state index contributed by atoms with van der Waals surface area (Å²) >= 11 is 1.85. The maximum absolute atomic E-state index is 13.0. The predicted octanol–water partition coefficient (Wildman–Crippen LogP) is 19.2. The van der Waals surface area contributed by atoms with Crippen LogP contribution < -0.4 is 0 Å². The Labute approximate surface area is 447 Å². The molecule has 0 spiro atoms. The first-order valence-corrected chi connectivity index (χ1v) is 27.2. The summed E-state index contributed by atoms with van der Waals surface area (Å²) in [5, 5.41) is 24.5. The van der Waals surface area contributed by atoms with Crippen LogP contribution in [0.15, 0.2) is 212 Å². The summed E-state index contributed by atoms with van der Waals surface area (Å²) in [5.41, 5.74) is 19.1. The van der Waals surface area contributed by atoms with Crippen LogP contribution in [-0.2, 0) is 0 Å². The Hall–Kier alpha value is -9.67. The molecule has 16 rings (SSSR count). The zero-order chi connectivity index (χ0) is 51.4. The number of aromatic nitrogens is 4.